The summed E-state index contributed by atoms with van der Waals surface area (Å²) in [5, 5.41) is 0. The molecule has 2 atom stereocenters. The molecule has 1 saturated heterocycles. The van der Waals surface area contributed by atoms with Crippen LogP contribution in [0.5, 0.6) is 0 Å². The number of nitrogens with zero attached hydrogens (tertiary/aromatic N) is 1. The molecule has 0 radical (unpaired) electrons. The minimum Gasteiger partial charge on any atom is -0.351 e. The third-order valence-electron chi connectivity index (χ3n) is 5.52. The van der Waals surface area contributed by atoms with E-state index in [2.05, 4.69) is 6.92 Å². The van der Waals surface area contributed by atoms with Crippen molar-refractivity contribution in [3.05, 3.63) is 0 Å². The summed E-state index contributed by atoms with van der Waals surface area (Å²) in [7, 11) is 3.39. The third-order valence-corrected chi connectivity index (χ3v) is 5.52. The molecule has 0 bridgehead atoms. The molecule has 1 fully saturated rings. The van der Waals surface area contributed by atoms with E-state index in [1.807, 2.05) is 0 Å². The number of hydrogen-bond acceptors (Lipinski definition) is 3. The zero-order valence-corrected chi connectivity index (χ0v) is 18.1. The molecular weight excluding hydrogens is 338 g/mol. The molecule has 0 aromatic carbocycles. The number of epoxide rings is 1. The van der Waals surface area contributed by atoms with Crippen LogP contribution >= 0.6 is 0 Å². The molecule has 0 saturated carbocycles. The number of unbranched alkanes of at least 4 members (excludes halogenated alkanes) is 14. The first-order valence-corrected chi connectivity index (χ1v) is 11.5. The standard InChI is InChI=1S/C23H43NO3/c1-4-5-6-7-8-9-10-11-12-13-14-15-16-17-18-19-20(25)21-22(27-21)23(26)24(2)3/h21-22H,4-19H2,1-3H3/t21-,22-/m1/s1. The Morgan fingerprint density at radius 3 is 1.48 bits per heavy atom. The zero-order valence-electron chi connectivity index (χ0n) is 18.1. The Balaban J connectivity index is 1.80. The second-order valence-electron chi connectivity index (χ2n) is 8.38. The van der Waals surface area contributed by atoms with Crippen molar-refractivity contribution in [1.82, 2.24) is 4.90 Å². The van der Waals surface area contributed by atoms with Crippen molar-refractivity contribution in [1.29, 1.82) is 0 Å². The van der Waals surface area contributed by atoms with Gasteiger partial charge in [-0.25, -0.2) is 0 Å². The minimum atomic E-state index is -0.510. The van der Waals surface area contributed by atoms with Crippen LogP contribution < -0.4 is 0 Å². The molecule has 1 aliphatic rings. The second kappa shape index (κ2) is 15.1. The lowest BCUT2D eigenvalue weighted by Crippen LogP contribution is -2.29. The van der Waals surface area contributed by atoms with Gasteiger partial charge in [0.15, 0.2) is 18.0 Å². The van der Waals surface area contributed by atoms with Crippen molar-refractivity contribution >= 4 is 11.7 Å². The summed E-state index contributed by atoms with van der Waals surface area (Å²) in [6.07, 6.45) is 19.4. The molecule has 0 unspecified atom stereocenters. The van der Waals surface area contributed by atoms with Gasteiger partial charge in [0.1, 0.15) is 0 Å². The van der Waals surface area contributed by atoms with Crippen LogP contribution in [0.15, 0.2) is 0 Å². The molecule has 0 aromatic rings. The van der Waals surface area contributed by atoms with Crippen LogP contribution in [0, 0.1) is 0 Å². The summed E-state index contributed by atoms with van der Waals surface area (Å²) in [5.41, 5.74) is 0. The Kier molecular flexibility index (Phi) is 13.5. The Morgan fingerprint density at radius 2 is 1.07 bits per heavy atom. The Labute approximate surface area is 167 Å². The average molecular weight is 382 g/mol. The van der Waals surface area contributed by atoms with Crippen molar-refractivity contribution in [2.24, 2.45) is 0 Å². The van der Waals surface area contributed by atoms with Crippen molar-refractivity contribution in [3.63, 3.8) is 0 Å². The number of amides is 1. The van der Waals surface area contributed by atoms with Gasteiger partial charge in [0.25, 0.3) is 5.91 Å². The van der Waals surface area contributed by atoms with Crippen LogP contribution in [0.4, 0.5) is 0 Å². The van der Waals surface area contributed by atoms with E-state index in [-0.39, 0.29) is 11.7 Å². The van der Waals surface area contributed by atoms with E-state index >= 15 is 0 Å². The summed E-state index contributed by atoms with van der Waals surface area (Å²) in [6.45, 7) is 2.27. The van der Waals surface area contributed by atoms with E-state index in [0.717, 1.165) is 12.8 Å². The van der Waals surface area contributed by atoms with Gasteiger partial charge >= 0.3 is 0 Å². The molecule has 1 rings (SSSR count). The maximum Gasteiger partial charge on any atom is 0.254 e. The van der Waals surface area contributed by atoms with Crippen LogP contribution in [0.1, 0.15) is 110 Å². The number of likely N-dealkylation sites (N-methyl/N-ethyl adjacent to an activating group) is 1. The van der Waals surface area contributed by atoms with Gasteiger partial charge in [-0.15, -0.1) is 0 Å². The summed E-state index contributed by atoms with van der Waals surface area (Å²) < 4.78 is 5.24. The third kappa shape index (κ3) is 11.5. The molecule has 4 nitrogen and oxygen atoms in total. The van der Waals surface area contributed by atoms with Crippen LogP contribution in [-0.2, 0) is 14.3 Å². The maximum absolute atomic E-state index is 12.0. The van der Waals surface area contributed by atoms with Gasteiger partial charge in [-0.1, -0.05) is 96.8 Å². The number of ether oxygens (including phenoxy) is 1. The second-order valence-corrected chi connectivity index (χ2v) is 8.38. The first kappa shape index (κ1) is 24.1. The van der Waals surface area contributed by atoms with Gasteiger partial charge in [-0.3, -0.25) is 9.59 Å². The highest BCUT2D eigenvalue weighted by atomic mass is 16.6. The molecule has 27 heavy (non-hydrogen) atoms. The highest BCUT2D eigenvalue weighted by molar-refractivity contribution is 5.95. The van der Waals surface area contributed by atoms with Crippen LogP contribution in [0.25, 0.3) is 0 Å². The summed E-state index contributed by atoms with van der Waals surface area (Å²) in [5.74, 6) is 0.00902. The van der Waals surface area contributed by atoms with E-state index in [9.17, 15) is 9.59 Å². The molecular formula is C23H43NO3. The molecule has 0 N–H and O–H groups in total. The SMILES string of the molecule is CCCCCCCCCCCCCCCCCC(=O)[C@H]1O[C@H]1C(=O)N(C)C. The van der Waals surface area contributed by atoms with E-state index < -0.39 is 12.2 Å². The van der Waals surface area contributed by atoms with E-state index in [1.165, 1.54) is 88.4 Å². The number of ketones is 1. The van der Waals surface area contributed by atoms with E-state index in [4.69, 9.17) is 4.74 Å². The van der Waals surface area contributed by atoms with Gasteiger partial charge in [0.05, 0.1) is 0 Å². The fourth-order valence-corrected chi connectivity index (χ4v) is 3.61. The monoisotopic (exact) mass is 381 g/mol. The van der Waals surface area contributed by atoms with Crippen molar-refractivity contribution in [2.45, 2.75) is 122 Å². The number of Topliss-reactive ketones (excluding diaryl/α,β-unsaturated/α-hetero) is 1. The first-order chi connectivity index (χ1) is 13.1. The predicted molar refractivity (Wildman–Crippen MR) is 112 cm³/mol. The van der Waals surface area contributed by atoms with Crippen molar-refractivity contribution < 1.29 is 14.3 Å². The Bertz CT molecular complexity index is 408. The summed E-state index contributed by atoms with van der Waals surface area (Å²) in [4.78, 5) is 25.2. The smallest absolute Gasteiger partial charge is 0.254 e. The number of rotatable bonds is 18. The topological polar surface area (TPSA) is 49.9 Å². The number of carbonyl (C=O) groups is 2. The van der Waals surface area contributed by atoms with Gasteiger partial charge in [-0.05, 0) is 6.42 Å². The summed E-state index contributed by atoms with van der Waals surface area (Å²) >= 11 is 0. The fraction of sp³-hybridized carbons (Fsp3) is 0.913. The molecule has 158 valence electrons. The lowest BCUT2D eigenvalue weighted by atomic mass is 10.0. The maximum atomic E-state index is 12.0. The van der Waals surface area contributed by atoms with Crippen LogP contribution in [-0.4, -0.2) is 42.9 Å². The Hall–Kier alpha value is -0.900. The quantitative estimate of drug-likeness (QED) is 0.227. The van der Waals surface area contributed by atoms with E-state index in [0.29, 0.717) is 6.42 Å². The highest BCUT2D eigenvalue weighted by Gasteiger charge is 2.49. The van der Waals surface area contributed by atoms with Gasteiger partial charge in [-0.2, -0.15) is 0 Å². The van der Waals surface area contributed by atoms with Crippen molar-refractivity contribution in [2.75, 3.05) is 14.1 Å². The zero-order chi connectivity index (χ0) is 19.9. The van der Waals surface area contributed by atoms with Gasteiger partial charge in [0.2, 0.25) is 0 Å². The molecule has 1 heterocycles. The highest BCUT2D eigenvalue weighted by Crippen LogP contribution is 2.26. The first-order valence-electron chi connectivity index (χ1n) is 11.5. The Morgan fingerprint density at radius 1 is 0.667 bits per heavy atom. The van der Waals surface area contributed by atoms with Gasteiger partial charge in [0, 0.05) is 20.5 Å². The number of hydrogen-bond donors (Lipinski definition) is 0. The molecule has 0 spiro atoms. The molecule has 1 amide bonds. The largest absolute Gasteiger partial charge is 0.351 e. The molecule has 0 aliphatic carbocycles. The summed E-state index contributed by atoms with van der Waals surface area (Å²) in [6, 6.07) is 0. The van der Waals surface area contributed by atoms with Crippen molar-refractivity contribution in [3.8, 4) is 0 Å². The average Bonchev–Trinajstić information content (AvgIpc) is 3.44. The molecule has 4 heteroatoms. The predicted octanol–water partition coefficient (Wildman–Crippen LogP) is 5.67. The minimum absolute atomic E-state index is 0.0927. The lowest BCUT2D eigenvalue weighted by Gasteiger charge is -2.06. The lowest BCUT2D eigenvalue weighted by molar-refractivity contribution is -0.130. The molecule has 1 aliphatic heterocycles. The van der Waals surface area contributed by atoms with Crippen LogP contribution in [0.3, 0.4) is 0 Å². The van der Waals surface area contributed by atoms with Crippen LogP contribution in [0.2, 0.25) is 0 Å². The fourth-order valence-electron chi connectivity index (χ4n) is 3.61. The number of carbonyl (C=O) groups excluding carboxylic acids is 2. The van der Waals surface area contributed by atoms with Gasteiger partial charge < -0.3 is 9.64 Å². The normalized spacial score (nSPS) is 18.5. The molecule has 0 aromatic heterocycles. The van der Waals surface area contributed by atoms with E-state index in [1.54, 1.807) is 14.1 Å².